The number of primary amides is 1. The van der Waals surface area contributed by atoms with E-state index >= 15 is 0 Å². The normalized spacial score (nSPS) is 19.4. The zero-order chi connectivity index (χ0) is 19.8. The van der Waals surface area contributed by atoms with Crippen molar-refractivity contribution in [1.29, 1.82) is 0 Å². The minimum atomic E-state index is -1.02. The van der Waals surface area contributed by atoms with Crippen molar-refractivity contribution in [3.8, 4) is 0 Å². The van der Waals surface area contributed by atoms with Gasteiger partial charge in [-0.15, -0.1) is 11.3 Å². The summed E-state index contributed by atoms with van der Waals surface area (Å²) in [4.78, 5) is 51.3. The van der Waals surface area contributed by atoms with E-state index < -0.39 is 16.7 Å². The van der Waals surface area contributed by atoms with Crippen LogP contribution in [0.25, 0.3) is 0 Å². The molecule has 0 atom stereocenters. The molecule has 0 radical (unpaired) electrons. The van der Waals surface area contributed by atoms with Crippen LogP contribution < -0.4 is 16.4 Å². The first-order valence-corrected chi connectivity index (χ1v) is 9.77. The zero-order valence-corrected chi connectivity index (χ0v) is 16.3. The number of hydrogen-bond donors (Lipinski definition) is 3. The topological polar surface area (TPSA) is 122 Å². The lowest BCUT2D eigenvalue weighted by atomic mass is 9.65. The minimum absolute atomic E-state index is 0.0644. The van der Waals surface area contributed by atoms with Crippen LogP contribution in [0, 0.1) is 17.8 Å². The molecule has 0 aromatic carbocycles. The van der Waals surface area contributed by atoms with Crippen molar-refractivity contribution in [2.75, 3.05) is 26.7 Å². The van der Waals surface area contributed by atoms with Gasteiger partial charge in [-0.05, 0) is 36.8 Å². The molecule has 1 saturated carbocycles. The van der Waals surface area contributed by atoms with E-state index in [0.29, 0.717) is 17.7 Å². The highest BCUT2D eigenvalue weighted by Crippen LogP contribution is 2.45. The number of hydrogen-bond acceptors (Lipinski definition) is 5. The summed E-state index contributed by atoms with van der Waals surface area (Å²) in [6.07, 6.45) is 1.85. The second-order valence-corrected chi connectivity index (χ2v) is 8.40. The smallest absolute Gasteiger partial charge is 0.261 e. The predicted octanol–water partition coefficient (Wildman–Crippen LogP) is 0.0165. The fourth-order valence-electron chi connectivity index (χ4n) is 3.68. The van der Waals surface area contributed by atoms with Gasteiger partial charge in [0.2, 0.25) is 17.7 Å². The predicted molar refractivity (Wildman–Crippen MR) is 99.9 cm³/mol. The number of thiophene rings is 1. The summed E-state index contributed by atoms with van der Waals surface area (Å²) in [5.74, 6) is -1.36. The summed E-state index contributed by atoms with van der Waals surface area (Å²) < 4.78 is 0. The van der Waals surface area contributed by atoms with E-state index in [4.69, 9.17) is 5.73 Å². The van der Waals surface area contributed by atoms with Gasteiger partial charge in [0.25, 0.3) is 5.91 Å². The Labute approximate surface area is 161 Å². The number of aryl methyl sites for hydroxylation is 1. The van der Waals surface area contributed by atoms with Crippen molar-refractivity contribution in [2.24, 2.45) is 16.6 Å². The molecule has 8 nitrogen and oxygen atoms in total. The number of carbonyl (C=O) groups is 4. The lowest BCUT2D eigenvalue weighted by Crippen LogP contribution is -2.70. The van der Waals surface area contributed by atoms with Crippen molar-refractivity contribution in [3.05, 3.63) is 21.9 Å². The number of nitrogens with zero attached hydrogens (tertiary/aromatic N) is 1. The van der Waals surface area contributed by atoms with Gasteiger partial charge in [0.05, 0.1) is 4.88 Å². The van der Waals surface area contributed by atoms with E-state index in [1.165, 1.54) is 23.3 Å². The molecule has 1 aromatic rings. The molecular weight excluding hydrogens is 368 g/mol. The van der Waals surface area contributed by atoms with Crippen molar-refractivity contribution < 1.29 is 19.2 Å². The molecule has 27 heavy (non-hydrogen) atoms. The van der Waals surface area contributed by atoms with Crippen LogP contribution in [0.3, 0.4) is 0 Å². The van der Waals surface area contributed by atoms with Gasteiger partial charge in [-0.2, -0.15) is 0 Å². The van der Waals surface area contributed by atoms with Crippen LogP contribution in [0.2, 0.25) is 0 Å². The Morgan fingerprint density at radius 3 is 2.37 bits per heavy atom. The van der Waals surface area contributed by atoms with Gasteiger partial charge in [-0.1, -0.05) is 6.42 Å². The number of rotatable bonds is 6. The molecule has 2 heterocycles. The number of carbonyl (C=O) groups excluding carboxylic acids is 4. The van der Waals surface area contributed by atoms with Gasteiger partial charge in [-0.3, -0.25) is 19.2 Å². The van der Waals surface area contributed by atoms with E-state index in [1.54, 1.807) is 6.07 Å². The molecule has 4 amide bonds. The molecule has 4 N–H and O–H groups in total. The third-order valence-corrected chi connectivity index (χ3v) is 6.66. The van der Waals surface area contributed by atoms with Crippen molar-refractivity contribution in [2.45, 2.75) is 26.2 Å². The Hall–Kier alpha value is -2.42. The Kier molecular flexibility index (Phi) is 4.98. The molecule has 1 aromatic heterocycles. The van der Waals surface area contributed by atoms with Gasteiger partial charge in [0, 0.05) is 26.7 Å². The van der Waals surface area contributed by atoms with E-state index in [-0.39, 0.29) is 37.4 Å². The standard InChI is InChI=1S/C18H24N4O4S/c1-11-6-12(27-7-11)13(23)21-8-17(14(19)24)9-22(10-17)16(26)18(4-3-5-18)15(25)20-2/h6-7H,3-5,8-10H2,1-2H3,(H2,19,24)(H,20,25)(H,21,23). The monoisotopic (exact) mass is 392 g/mol. The molecule has 0 unspecified atom stereocenters. The zero-order valence-electron chi connectivity index (χ0n) is 15.5. The molecule has 1 aliphatic carbocycles. The quantitative estimate of drug-likeness (QED) is 0.591. The average Bonchev–Trinajstić information content (AvgIpc) is 2.98. The van der Waals surface area contributed by atoms with E-state index in [2.05, 4.69) is 10.6 Å². The summed E-state index contributed by atoms with van der Waals surface area (Å²) >= 11 is 1.33. The Bertz CT molecular complexity index is 793. The lowest BCUT2D eigenvalue weighted by molar-refractivity contribution is -0.167. The van der Waals surface area contributed by atoms with Gasteiger partial charge in [0.15, 0.2) is 0 Å². The Morgan fingerprint density at radius 2 is 1.93 bits per heavy atom. The Morgan fingerprint density at radius 1 is 1.26 bits per heavy atom. The third kappa shape index (κ3) is 3.20. The van der Waals surface area contributed by atoms with Crippen LogP contribution in [-0.2, 0) is 14.4 Å². The second-order valence-electron chi connectivity index (χ2n) is 7.49. The molecule has 2 aliphatic rings. The van der Waals surface area contributed by atoms with E-state index in [1.807, 2.05) is 12.3 Å². The maximum atomic E-state index is 12.8. The van der Waals surface area contributed by atoms with E-state index in [0.717, 1.165) is 12.0 Å². The summed E-state index contributed by atoms with van der Waals surface area (Å²) in [6.45, 7) is 2.19. The SMILES string of the molecule is CNC(=O)C1(C(=O)N2CC(CNC(=O)c3cc(C)cs3)(C(N)=O)C2)CCC1. The first kappa shape index (κ1) is 19.3. The van der Waals surface area contributed by atoms with Crippen LogP contribution in [0.15, 0.2) is 11.4 Å². The van der Waals surface area contributed by atoms with Crippen molar-refractivity contribution >= 4 is 35.0 Å². The highest BCUT2D eigenvalue weighted by atomic mass is 32.1. The summed E-state index contributed by atoms with van der Waals surface area (Å²) in [6, 6.07) is 1.78. The van der Waals surface area contributed by atoms with Crippen LogP contribution in [0.5, 0.6) is 0 Å². The van der Waals surface area contributed by atoms with Crippen LogP contribution in [0.4, 0.5) is 0 Å². The maximum Gasteiger partial charge on any atom is 0.261 e. The Balaban J connectivity index is 1.63. The molecular formula is C18H24N4O4S. The third-order valence-electron chi connectivity index (χ3n) is 5.62. The lowest BCUT2D eigenvalue weighted by Gasteiger charge is -2.52. The van der Waals surface area contributed by atoms with Gasteiger partial charge in [-0.25, -0.2) is 0 Å². The first-order valence-electron chi connectivity index (χ1n) is 8.89. The van der Waals surface area contributed by atoms with Gasteiger partial charge < -0.3 is 21.3 Å². The molecule has 146 valence electrons. The minimum Gasteiger partial charge on any atom is -0.369 e. The molecule has 9 heteroatoms. The number of amides is 4. The average molecular weight is 392 g/mol. The maximum absolute atomic E-state index is 12.8. The molecule has 2 fully saturated rings. The number of likely N-dealkylation sites (tertiary alicyclic amines) is 1. The largest absolute Gasteiger partial charge is 0.369 e. The highest BCUT2D eigenvalue weighted by molar-refractivity contribution is 7.12. The number of nitrogens with one attached hydrogen (secondary N) is 2. The van der Waals surface area contributed by atoms with Crippen LogP contribution in [-0.4, -0.2) is 55.2 Å². The highest BCUT2D eigenvalue weighted by Gasteiger charge is 2.58. The summed E-state index contributed by atoms with van der Waals surface area (Å²) in [5.41, 5.74) is 4.54. The fraction of sp³-hybridized carbons (Fsp3) is 0.556. The summed E-state index contributed by atoms with van der Waals surface area (Å²) in [5, 5.41) is 7.19. The van der Waals surface area contributed by atoms with Gasteiger partial charge >= 0.3 is 0 Å². The molecule has 0 spiro atoms. The number of nitrogens with two attached hydrogens (primary N) is 1. The van der Waals surface area contributed by atoms with Crippen molar-refractivity contribution in [3.63, 3.8) is 0 Å². The first-order chi connectivity index (χ1) is 12.7. The molecule has 1 saturated heterocycles. The molecule has 0 bridgehead atoms. The molecule has 1 aliphatic heterocycles. The van der Waals surface area contributed by atoms with Crippen LogP contribution in [0.1, 0.15) is 34.5 Å². The fourth-order valence-corrected chi connectivity index (χ4v) is 4.49. The van der Waals surface area contributed by atoms with E-state index in [9.17, 15) is 19.2 Å². The van der Waals surface area contributed by atoms with Crippen molar-refractivity contribution in [1.82, 2.24) is 15.5 Å². The second kappa shape index (κ2) is 6.95. The summed E-state index contributed by atoms with van der Waals surface area (Å²) in [7, 11) is 1.52. The van der Waals surface area contributed by atoms with Crippen LogP contribution >= 0.6 is 11.3 Å². The molecule has 3 rings (SSSR count). The van der Waals surface area contributed by atoms with Gasteiger partial charge in [0.1, 0.15) is 10.8 Å².